The Hall–Kier alpha value is -1.37. The highest BCUT2D eigenvalue weighted by molar-refractivity contribution is 5.82. The van der Waals surface area contributed by atoms with Crippen LogP contribution in [0.2, 0.25) is 0 Å². The number of aromatic nitrogens is 2. The van der Waals surface area contributed by atoms with Gasteiger partial charge in [-0.15, -0.1) is 0 Å². The molecule has 1 aromatic rings. The summed E-state index contributed by atoms with van der Waals surface area (Å²) in [5, 5.41) is 6.43. The van der Waals surface area contributed by atoms with Crippen LogP contribution in [0, 0.1) is 0 Å². The van der Waals surface area contributed by atoms with Gasteiger partial charge in [-0.2, -0.15) is 18.3 Å². The molecule has 0 bridgehead atoms. The molecule has 0 saturated heterocycles. The second-order valence-corrected chi connectivity index (χ2v) is 5.16. The molecule has 0 atom stereocenters. The van der Waals surface area contributed by atoms with Crippen LogP contribution < -0.4 is 5.32 Å². The van der Waals surface area contributed by atoms with Crippen LogP contribution in [-0.4, -0.2) is 34.8 Å². The number of nitrogens with zero attached hydrogens (tertiary/aromatic N) is 2. The van der Waals surface area contributed by atoms with Gasteiger partial charge in [0.15, 0.2) is 5.78 Å². The largest absolute Gasteiger partial charge is 0.401 e. The number of nitrogens with one attached hydrogen (secondary N) is 1. The molecule has 4 nitrogen and oxygen atoms in total. The lowest BCUT2D eigenvalue weighted by Crippen LogP contribution is -2.33. The Morgan fingerprint density at radius 3 is 2.75 bits per heavy atom. The first kappa shape index (κ1) is 15.0. The van der Waals surface area contributed by atoms with Crippen molar-refractivity contribution >= 4 is 5.78 Å². The average Bonchev–Trinajstić information content (AvgIpc) is 2.96. The summed E-state index contributed by atoms with van der Waals surface area (Å²) in [5.74, 6) is -0.286. The van der Waals surface area contributed by atoms with E-state index in [4.69, 9.17) is 0 Å². The normalized spacial score (nSPS) is 16.8. The van der Waals surface area contributed by atoms with Gasteiger partial charge in [0.05, 0.1) is 31.2 Å². The SMILES string of the molecule is O=C(CNCC(F)(F)F)Cc1ccn(C2CCCC2)n1. The lowest BCUT2D eigenvalue weighted by molar-refractivity contribution is -0.127. The van der Waals surface area contributed by atoms with Gasteiger partial charge in [-0.3, -0.25) is 9.48 Å². The Balaban J connectivity index is 1.76. The molecular formula is C13H18F3N3O. The predicted octanol–water partition coefficient (Wildman–Crippen LogP) is 2.26. The van der Waals surface area contributed by atoms with Gasteiger partial charge in [0.25, 0.3) is 0 Å². The van der Waals surface area contributed by atoms with Crippen LogP contribution >= 0.6 is 0 Å². The van der Waals surface area contributed by atoms with Gasteiger partial charge in [0, 0.05) is 6.20 Å². The van der Waals surface area contributed by atoms with Crippen molar-refractivity contribution in [3.8, 4) is 0 Å². The molecule has 1 fully saturated rings. The van der Waals surface area contributed by atoms with Gasteiger partial charge in [-0.05, 0) is 18.9 Å². The molecule has 0 aromatic carbocycles. The van der Waals surface area contributed by atoms with Crippen LogP contribution in [0.25, 0.3) is 0 Å². The highest BCUT2D eigenvalue weighted by Gasteiger charge is 2.26. The number of Topliss-reactive ketones (excluding diaryl/α,β-unsaturated/α-hetero) is 1. The van der Waals surface area contributed by atoms with Crippen molar-refractivity contribution in [3.63, 3.8) is 0 Å². The predicted molar refractivity (Wildman–Crippen MR) is 67.4 cm³/mol. The van der Waals surface area contributed by atoms with Crippen LogP contribution in [0.5, 0.6) is 0 Å². The molecular weight excluding hydrogens is 271 g/mol. The Bertz CT molecular complexity index is 450. The van der Waals surface area contributed by atoms with E-state index in [-0.39, 0.29) is 18.7 Å². The molecule has 1 N–H and O–H groups in total. The highest BCUT2D eigenvalue weighted by Crippen LogP contribution is 2.28. The van der Waals surface area contributed by atoms with Crippen molar-refractivity contribution in [2.45, 2.75) is 44.3 Å². The van der Waals surface area contributed by atoms with E-state index in [1.54, 1.807) is 6.07 Å². The van der Waals surface area contributed by atoms with Crippen LogP contribution in [0.4, 0.5) is 13.2 Å². The van der Waals surface area contributed by atoms with Crippen LogP contribution in [0.15, 0.2) is 12.3 Å². The second kappa shape index (κ2) is 6.39. The van der Waals surface area contributed by atoms with Gasteiger partial charge in [-0.1, -0.05) is 12.8 Å². The Labute approximate surface area is 115 Å². The third kappa shape index (κ3) is 4.63. The molecule has 1 aliphatic carbocycles. The lowest BCUT2D eigenvalue weighted by Gasteiger charge is -2.09. The van der Waals surface area contributed by atoms with E-state index < -0.39 is 12.7 Å². The average molecular weight is 289 g/mol. The van der Waals surface area contributed by atoms with E-state index in [2.05, 4.69) is 10.4 Å². The van der Waals surface area contributed by atoms with Gasteiger partial charge < -0.3 is 5.32 Å². The maximum absolute atomic E-state index is 11.9. The quantitative estimate of drug-likeness (QED) is 0.874. The zero-order chi connectivity index (χ0) is 14.6. The fourth-order valence-corrected chi connectivity index (χ4v) is 2.45. The number of hydrogen-bond donors (Lipinski definition) is 1. The lowest BCUT2D eigenvalue weighted by atomic mass is 10.2. The van der Waals surface area contributed by atoms with Crippen LogP contribution in [0.3, 0.4) is 0 Å². The van der Waals surface area contributed by atoms with Crippen molar-refractivity contribution in [2.24, 2.45) is 0 Å². The molecule has 112 valence electrons. The number of carbonyl (C=O) groups excluding carboxylic acids is 1. The summed E-state index contributed by atoms with van der Waals surface area (Å²) in [6.07, 6.45) is 2.22. The topological polar surface area (TPSA) is 46.9 Å². The minimum Gasteiger partial charge on any atom is -0.302 e. The van der Waals surface area contributed by atoms with Crippen LogP contribution in [0.1, 0.15) is 37.4 Å². The Morgan fingerprint density at radius 1 is 1.40 bits per heavy atom. The number of rotatable bonds is 6. The zero-order valence-corrected chi connectivity index (χ0v) is 11.1. The summed E-state index contributed by atoms with van der Waals surface area (Å²) in [4.78, 5) is 11.5. The first-order chi connectivity index (χ1) is 9.44. The first-order valence-electron chi connectivity index (χ1n) is 6.77. The monoisotopic (exact) mass is 289 g/mol. The van der Waals surface area contributed by atoms with E-state index in [1.165, 1.54) is 12.8 Å². The van der Waals surface area contributed by atoms with E-state index in [9.17, 15) is 18.0 Å². The molecule has 0 spiro atoms. The van der Waals surface area contributed by atoms with Crippen molar-refractivity contribution in [2.75, 3.05) is 13.1 Å². The minimum absolute atomic E-state index is 0.0740. The van der Waals surface area contributed by atoms with Gasteiger partial charge in [-0.25, -0.2) is 0 Å². The van der Waals surface area contributed by atoms with Crippen LogP contribution in [-0.2, 0) is 11.2 Å². The molecule has 20 heavy (non-hydrogen) atoms. The summed E-state index contributed by atoms with van der Waals surface area (Å²) in [6, 6.07) is 2.17. The van der Waals surface area contributed by atoms with Crippen molar-refractivity contribution < 1.29 is 18.0 Å². The summed E-state index contributed by atoms with van der Waals surface area (Å²) >= 11 is 0. The first-order valence-corrected chi connectivity index (χ1v) is 6.77. The van der Waals surface area contributed by atoms with E-state index in [0.29, 0.717) is 11.7 Å². The maximum Gasteiger partial charge on any atom is 0.401 e. The molecule has 0 radical (unpaired) electrons. The van der Waals surface area contributed by atoms with E-state index in [1.807, 2.05) is 10.9 Å². The van der Waals surface area contributed by atoms with Gasteiger partial charge in [0.1, 0.15) is 0 Å². The van der Waals surface area contributed by atoms with Gasteiger partial charge in [0.2, 0.25) is 0 Å². The standard InChI is InChI=1S/C13H18F3N3O/c14-13(15,16)9-17-8-12(20)7-10-5-6-19(18-10)11-3-1-2-4-11/h5-6,11,17H,1-4,7-9H2. The number of carbonyl (C=O) groups is 1. The molecule has 1 heterocycles. The summed E-state index contributed by atoms with van der Waals surface area (Å²) in [6.45, 7) is -1.43. The zero-order valence-electron chi connectivity index (χ0n) is 11.1. The van der Waals surface area contributed by atoms with E-state index >= 15 is 0 Å². The molecule has 0 aliphatic heterocycles. The molecule has 0 amide bonds. The molecule has 1 saturated carbocycles. The molecule has 7 heteroatoms. The minimum atomic E-state index is -4.29. The molecule has 2 rings (SSSR count). The third-order valence-electron chi connectivity index (χ3n) is 3.39. The van der Waals surface area contributed by atoms with Crippen molar-refractivity contribution in [3.05, 3.63) is 18.0 Å². The maximum atomic E-state index is 11.9. The fourth-order valence-electron chi connectivity index (χ4n) is 2.45. The van der Waals surface area contributed by atoms with E-state index in [0.717, 1.165) is 12.8 Å². The highest BCUT2D eigenvalue weighted by atomic mass is 19.4. The van der Waals surface area contributed by atoms with Crippen molar-refractivity contribution in [1.82, 2.24) is 15.1 Å². The van der Waals surface area contributed by atoms with Gasteiger partial charge >= 0.3 is 6.18 Å². The summed E-state index contributed by atoms with van der Waals surface area (Å²) < 4.78 is 37.6. The molecule has 0 unspecified atom stereocenters. The number of halogens is 3. The van der Waals surface area contributed by atoms with Crippen molar-refractivity contribution in [1.29, 1.82) is 0 Å². The number of ketones is 1. The molecule has 1 aromatic heterocycles. The summed E-state index contributed by atoms with van der Waals surface area (Å²) in [5.41, 5.74) is 0.621. The summed E-state index contributed by atoms with van der Waals surface area (Å²) in [7, 11) is 0. The second-order valence-electron chi connectivity index (χ2n) is 5.16. The number of hydrogen-bond acceptors (Lipinski definition) is 3. The molecule has 1 aliphatic rings. The third-order valence-corrected chi connectivity index (χ3v) is 3.39. The smallest absolute Gasteiger partial charge is 0.302 e. The number of alkyl halides is 3. The Morgan fingerprint density at radius 2 is 2.10 bits per heavy atom. The fraction of sp³-hybridized carbons (Fsp3) is 0.692. The Kier molecular flexibility index (Phi) is 4.80.